The summed E-state index contributed by atoms with van der Waals surface area (Å²) in [6.45, 7) is 5.12. The summed E-state index contributed by atoms with van der Waals surface area (Å²) in [5, 5.41) is 27.3. The number of carboxylic acids is 3. The lowest BCUT2D eigenvalue weighted by molar-refractivity contribution is -0.929. The fourth-order valence-electron chi connectivity index (χ4n) is 5.93. The number of carbonyl (C=O) groups is 3. The molecule has 0 atom stereocenters. The molecule has 0 radical (unpaired) electrons. The number of unbranched alkanes of at least 4 members (excludes halogenated alkanes) is 17. The molecule has 7 nitrogen and oxygen atoms in total. The third-order valence-electron chi connectivity index (χ3n) is 8.46. The molecule has 0 aromatic rings. The second-order valence-corrected chi connectivity index (χ2v) is 12.4. The Labute approximate surface area is 257 Å². The van der Waals surface area contributed by atoms with Gasteiger partial charge in [0.05, 0.1) is 45.4 Å². The number of hydrogen-bond acceptors (Lipinski definition) is 3. The molecule has 0 aliphatic carbocycles. The summed E-state index contributed by atoms with van der Waals surface area (Å²) < 4.78 is 0.643. The molecule has 0 rings (SSSR count). The van der Waals surface area contributed by atoms with Crippen molar-refractivity contribution in [3.05, 3.63) is 12.2 Å². The lowest BCUT2D eigenvalue weighted by Crippen LogP contribution is -2.51. The highest BCUT2D eigenvalue weighted by Crippen LogP contribution is 2.19. The first-order valence-electron chi connectivity index (χ1n) is 17.5. The lowest BCUT2D eigenvalue weighted by Gasteiger charge is -2.39. The van der Waals surface area contributed by atoms with Gasteiger partial charge in [-0.15, -0.1) is 0 Å². The second-order valence-electron chi connectivity index (χ2n) is 12.4. The minimum atomic E-state index is -0.823. The SMILES string of the molecule is CCCC/C=C/CCCCCCCCCCCCCCCCC[N+](CCCC(=O)O)(CCCC(=O)O)CCCC(=O)O. The molecule has 0 aliphatic heterocycles. The number of rotatable bonds is 33. The van der Waals surface area contributed by atoms with Gasteiger partial charge in [0.2, 0.25) is 0 Å². The zero-order valence-corrected chi connectivity index (χ0v) is 27.2. The van der Waals surface area contributed by atoms with Gasteiger partial charge in [0.25, 0.3) is 0 Å². The minimum absolute atomic E-state index is 0.0924. The van der Waals surface area contributed by atoms with Crippen LogP contribution in [0.2, 0.25) is 0 Å². The summed E-state index contributed by atoms with van der Waals surface area (Å²) in [4.78, 5) is 33.2. The van der Waals surface area contributed by atoms with Gasteiger partial charge in [0, 0.05) is 19.3 Å². The van der Waals surface area contributed by atoms with Gasteiger partial charge in [-0.3, -0.25) is 14.4 Å². The van der Waals surface area contributed by atoms with Crippen LogP contribution in [-0.2, 0) is 14.4 Å². The predicted octanol–water partition coefficient (Wildman–Crippen LogP) is 9.39. The van der Waals surface area contributed by atoms with Gasteiger partial charge in [-0.25, -0.2) is 0 Å². The molecule has 0 aromatic carbocycles. The third kappa shape index (κ3) is 28.2. The van der Waals surface area contributed by atoms with Crippen LogP contribution in [0.1, 0.15) is 167 Å². The topological polar surface area (TPSA) is 112 Å². The van der Waals surface area contributed by atoms with E-state index in [4.69, 9.17) is 15.3 Å². The Bertz CT molecular complexity index is 643. The molecule has 246 valence electrons. The summed E-state index contributed by atoms with van der Waals surface area (Å²) in [6, 6.07) is 0. The van der Waals surface area contributed by atoms with Crippen molar-refractivity contribution in [3.8, 4) is 0 Å². The van der Waals surface area contributed by atoms with Gasteiger partial charge < -0.3 is 19.8 Å². The third-order valence-corrected chi connectivity index (χ3v) is 8.46. The molecule has 0 amide bonds. The van der Waals surface area contributed by atoms with Crippen LogP contribution in [0.4, 0.5) is 0 Å². The summed E-state index contributed by atoms with van der Waals surface area (Å²) in [5.74, 6) is -2.47. The largest absolute Gasteiger partial charge is 0.481 e. The van der Waals surface area contributed by atoms with E-state index in [0.717, 1.165) is 19.4 Å². The smallest absolute Gasteiger partial charge is 0.303 e. The molecule has 0 saturated heterocycles. The van der Waals surface area contributed by atoms with E-state index in [-0.39, 0.29) is 19.3 Å². The van der Waals surface area contributed by atoms with E-state index >= 15 is 0 Å². The lowest BCUT2D eigenvalue weighted by atomic mass is 10.0. The fourth-order valence-corrected chi connectivity index (χ4v) is 5.93. The molecule has 7 heteroatoms. The molecular weight excluding hydrogens is 530 g/mol. The Hall–Kier alpha value is -1.89. The predicted molar refractivity (Wildman–Crippen MR) is 173 cm³/mol. The van der Waals surface area contributed by atoms with Crippen molar-refractivity contribution in [2.75, 3.05) is 26.2 Å². The van der Waals surface area contributed by atoms with Gasteiger partial charge in [-0.05, 0) is 32.1 Å². The van der Waals surface area contributed by atoms with Gasteiger partial charge in [-0.2, -0.15) is 0 Å². The highest BCUT2D eigenvalue weighted by atomic mass is 16.4. The van der Waals surface area contributed by atoms with Crippen LogP contribution >= 0.6 is 0 Å². The Morgan fingerprint density at radius 1 is 0.429 bits per heavy atom. The standard InChI is InChI=1S/C35H65NO6/c1-2-3-4-5-6-7-8-9-10-11-12-13-14-15-16-17-18-19-20-21-22-29-36(30-23-26-33(37)38,31-24-27-34(39)40)32-25-28-35(41)42/h5-6H,2-4,7-32H2,1H3,(H2-,37,38,39,40,41,42)/p+1/b6-5+. The van der Waals surface area contributed by atoms with Gasteiger partial charge in [0.15, 0.2) is 0 Å². The summed E-state index contributed by atoms with van der Waals surface area (Å²) in [6.07, 6.45) is 31.2. The van der Waals surface area contributed by atoms with Crippen molar-refractivity contribution in [2.45, 2.75) is 167 Å². The van der Waals surface area contributed by atoms with E-state index in [1.54, 1.807) is 0 Å². The molecule has 0 aliphatic rings. The van der Waals surface area contributed by atoms with Gasteiger partial charge >= 0.3 is 17.9 Å². The van der Waals surface area contributed by atoms with Gasteiger partial charge in [0.1, 0.15) is 0 Å². The Balaban J connectivity index is 4.02. The van der Waals surface area contributed by atoms with Crippen molar-refractivity contribution >= 4 is 17.9 Å². The van der Waals surface area contributed by atoms with E-state index in [1.807, 2.05) is 0 Å². The second kappa shape index (κ2) is 29.2. The van der Waals surface area contributed by atoms with Crippen LogP contribution < -0.4 is 0 Å². The van der Waals surface area contributed by atoms with Crippen molar-refractivity contribution < 1.29 is 34.2 Å². The minimum Gasteiger partial charge on any atom is -0.481 e. The molecule has 0 heterocycles. The molecule has 0 aromatic heterocycles. The van der Waals surface area contributed by atoms with Crippen molar-refractivity contribution in [1.29, 1.82) is 0 Å². The number of aliphatic carboxylic acids is 3. The molecule has 0 unspecified atom stereocenters. The Morgan fingerprint density at radius 2 is 0.714 bits per heavy atom. The van der Waals surface area contributed by atoms with E-state index < -0.39 is 17.9 Å². The first-order chi connectivity index (χ1) is 20.3. The van der Waals surface area contributed by atoms with Crippen LogP contribution in [0.15, 0.2) is 12.2 Å². The quantitative estimate of drug-likeness (QED) is 0.0395. The Kier molecular flexibility index (Phi) is 27.9. The highest BCUT2D eigenvalue weighted by Gasteiger charge is 2.27. The summed E-state index contributed by atoms with van der Waals surface area (Å²) in [7, 11) is 0. The molecule has 0 saturated carbocycles. The summed E-state index contributed by atoms with van der Waals surface area (Å²) >= 11 is 0. The Morgan fingerprint density at radius 3 is 1.05 bits per heavy atom. The van der Waals surface area contributed by atoms with E-state index in [9.17, 15) is 14.4 Å². The maximum absolute atomic E-state index is 11.1. The molecular formula is C35H66NO6+. The van der Waals surface area contributed by atoms with Crippen molar-refractivity contribution in [3.63, 3.8) is 0 Å². The molecule has 42 heavy (non-hydrogen) atoms. The average Bonchev–Trinajstić information content (AvgIpc) is 2.93. The first-order valence-corrected chi connectivity index (χ1v) is 17.5. The van der Waals surface area contributed by atoms with Crippen LogP contribution in [0.5, 0.6) is 0 Å². The highest BCUT2D eigenvalue weighted by molar-refractivity contribution is 5.67. The van der Waals surface area contributed by atoms with Crippen LogP contribution in [-0.4, -0.2) is 63.9 Å². The zero-order chi connectivity index (χ0) is 31.2. The number of quaternary nitrogens is 1. The van der Waals surface area contributed by atoms with Crippen molar-refractivity contribution in [1.82, 2.24) is 0 Å². The van der Waals surface area contributed by atoms with Gasteiger partial charge in [-0.1, -0.05) is 109 Å². The number of carboxylic acid groups (broad SMARTS) is 3. The average molecular weight is 597 g/mol. The molecule has 3 N–H and O–H groups in total. The van der Waals surface area contributed by atoms with Crippen LogP contribution in [0.3, 0.4) is 0 Å². The van der Waals surface area contributed by atoms with Crippen LogP contribution in [0.25, 0.3) is 0 Å². The maximum atomic E-state index is 11.1. The van der Waals surface area contributed by atoms with E-state index in [1.165, 1.54) is 109 Å². The normalized spacial score (nSPS) is 11.8. The molecule has 0 spiro atoms. The van der Waals surface area contributed by atoms with E-state index in [0.29, 0.717) is 43.4 Å². The maximum Gasteiger partial charge on any atom is 0.303 e. The number of allylic oxidation sites excluding steroid dienone is 2. The molecule has 0 fully saturated rings. The molecule has 0 bridgehead atoms. The zero-order valence-electron chi connectivity index (χ0n) is 27.2. The van der Waals surface area contributed by atoms with Crippen molar-refractivity contribution in [2.24, 2.45) is 0 Å². The summed E-state index contributed by atoms with van der Waals surface area (Å²) in [5.41, 5.74) is 0. The monoisotopic (exact) mass is 596 g/mol. The number of hydrogen-bond donors (Lipinski definition) is 3. The van der Waals surface area contributed by atoms with Crippen LogP contribution in [0, 0.1) is 0 Å². The number of nitrogens with zero attached hydrogens (tertiary/aromatic N) is 1. The van der Waals surface area contributed by atoms with E-state index in [2.05, 4.69) is 19.1 Å². The fraction of sp³-hybridized carbons (Fsp3) is 0.857. The first kappa shape index (κ1) is 40.1.